The number of nitrogen functional groups attached to an aromatic ring is 1. The first-order chi connectivity index (χ1) is 10.3. The van der Waals surface area contributed by atoms with Crippen LogP contribution in [0.3, 0.4) is 0 Å². The molecule has 7 heteroatoms. The molecule has 3 rings (SSSR count). The summed E-state index contributed by atoms with van der Waals surface area (Å²) >= 11 is 1.72. The Morgan fingerprint density at radius 2 is 2.05 bits per heavy atom. The number of hydrogen-bond acceptors (Lipinski definition) is 7. The molecule has 0 unspecified atom stereocenters. The van der Waals surface area contributed by atoms with Crippen LogP contribution < -0.4 is 16.6 Å². The Bertz CT molecular complexity index is 758. The first-order valence-electron chi connectivity index (χ1n) is 6.36. The van der Waals surface area contributed by atoms with Gasteiger partial charge < -0.3 is 15.5 Å². The van der Waals surface area contributed by atoms with Gasteiger partial charge in [0.25, 0.3) is 0 Å². The second kappa shape index (κ2) is 6.04. The summed E-state index contributed by atoms with van der Waals surface area (Å²) in [5, 5.41) is 6.54. The molecule has 0 aliphatic carbocycles. The second-order valence-corrected chi connectivity index (χ2v) is 5.38. The summed E-state index contributed by atoms with van der Waals surface area (Å²) in [5.41, 5.74) is 3.50. The molecule has 0 radical (unpaired) electrons. The molecule has 0 saturated heterocycles. The van der Waals surface area contributed by atoms with Crippen molar-refractivity contribution in [2.45, 2.75) is 6.61 Å². The summed E-state index contributed by atoms with van der Waals surface area (Å²) in [7, 11) is 1.60. The number of ether oxygens (including phenoxy) is 1. The van der Waals surface area contributed by atoms with Crippen molar-refractivity contribution in [3.63, 3.8) is 0 Å². The Kier molecular flexibility index (Phi) is 3.96. The fourth-order valence-electron chi connectivity index (χ4n) is 2.02. The fourth-order valence-corrected chi connectivity index (χ4v) is 2.79. The van der Waals surface area contributed by atoms with Crippen LogP contribution in [0.4, 0.5) is 17.3 Å². The second-order valence-electron chi connectivity index (χ2n) is 4.43. The third-order valence-corrected chi connectivity index (χ3v) is 3.82. The highest BCUT2D eigenvalue weighted by Crippen LogP contribution is 2.26. The van der Waals surface area contributed by atoms with Crippen molar-refractivity contribution in [3.05, 3.63) is 41.5 Å². The van der Waals surface area contributed by atoms with Crippen LogP contribution in [-0.2, 0) is 11.3 Å². The van der Waals surface area contributed by atoms with E-state index in [1.807, 2.05) is 6.07 Å². The highest BCUT2D eigenvalue weighted by atomic mass is 32.1. The summed E-state index contributed by atoms with van der Waals surface area (Å²) < 4.78 is 6.32. The van der Waals surface area contributed by atoms with Gasteiger partial charge in [0.15, 0.2) is 5.82 Å². The number of nitrogens with two attached hydrogens (primary N) is 1. The number of fused-ring (bicyclic) bond motifs is 1. The van der Waals surface area contributed by atoms with Crippen LogP contribution >= 0.6 is 11.3 Å². The Morgan fingerprint density at radius 1 is 1.19 bits per heavy atom. The van der Waals surface area contributed by atoms with Gasteiger partial charge in [-0.05, 0) is 35.0 Å². The number of nitrogens with zero attached hydrogens (tertiary/aromatic N) is 2. The van der Waals surface area contributed by atoms with Crippen LogP contribution in [0.1, 0.15) is 5.82 Å². The molecule has 0 saturated carbocycles. The zero-order valence-electron chi connectivity index (χ0n) is 11.5. The number of thiophene rings is 1. The van der Waals surface area contributed by atoms with E-state index in [1.165, 1.54) is 10.1 Å². The van der Waals surface area contributed by atoms with E-state index in [4.69, 9.17) is 10.6 Å². The number of rotatable bonds is 5. The average molecular weight is 301 g/mol. The maximum atomic E-state index is 5.43. The Morgan fingerprint density at radius 3 is 2.86 bits per heavy atom. The molecule has 2 aromatic heterocycles. The number of hydrazine groups is 1. The van der Waals surface area contributed by atoms with Crippen molar-refractivity contribution in [2.75, 3.05) is 17.9 Å². The number of hydrogen-bond donors (Lipinski definition) is 3. The minimum Gasteiger partial charge on any atom is -0.377 e. The fraction of sp³-hybridized carbons (Fsp3) is 0.143. The topological polar surface area (TPSA) is 85.1 Å². The molecule has 0 bridgehead atoms. The average Bonchev–Trinajstić information content (AvgIpc) is 2.95. The summed E-state index contributed by atoms with van der Waals surface area (Å²) in [5.74, 6) is 7.20. The minimum absolute atomic E-state index is 0.327. The first-order valence-corrected chi connectivity index (χ1v) is 7.24. The maximum absolute atomic E-state index is 5.43. The molecule has 1 aromatic carbocycles. The molecule has 0 atom stereocenters. The minimum atomic E-state index is 0.327. The van der Waals surface area contributed by atoms with Gasteiger partial charge in [-0.25, -0.2) is 15.8 Å². The van der Waals surface area contributed by atoms with Crippen molar-refractivity contribution in [1.82, 2.24) is 9.97 Å². The number of anilines is 3. The van der Waals surface area contributed by atoms with Crippen molar-refractivity contribution < 1.29 is 4.74 Å². The molecular formula is C14H15N5OS. The summed E-state index contributed by atoms with van der Waals surface area (Å²) in [6.07, 6.45) is 0. The van der Waals surface area contributed by atoms with Gasteiger partial charge in [0, 0.05) is 23.6 Å². The number of methoxy groups -OCH3 is 1. The Labute approximate surface area is 126 Å². The zero-order chi connectivity index (χ0) is 14.7. The van der Waals surface area contributed by atoms with Gasteiger partial charge in [-0.3, -0.25) is 0 Å². The smallest absolute Gasteiger partial charge is 0.158 e. The Hall–Kier alpha value is -2.22. The van der Waals surface area contributed by atoms with Crippen LogP contribution in [0.5, 0.6) is 0 Å². The van der Waals surface area contributed by atoms with Gasteiger partial charge >= 0.3 is 0 Å². The van der Waals surface area contributed by atoms with Crippen LogP contribution in [-0.4, -0.2) is 17.1 Å². The molecule has 3 aromatic rings. The van der Waals surface area contributed by atoms with Gasteiger partial charge in [0.05, 0.1) is 0 Å². The molecule has 0 spiro atoms. The van der Waals surface area contributed by atoms with E-state index in [0.717, 1.165) is 5.69 Å². The molecule has 6 nitrogen and oxygen atoms in total. The number of nitrogens with one attached hydrogen (secondary N) is 2. The van der Waals surface area contributed by atoms with E-state index in [1.54, 1.807) is 24.5 Å². The number of benzene rings is 1. The van der Waals surface area contributed by atoms with E-state index in [9.17, 15) is 0 Å². The summed E-state index contributed by atoms with van der Waals surface area (Å²) in [6, 6.07) is 10.0. The van der Waals surface area contributed by atoms with Crippen LogP contribution in [0.2, 0.25) is 0 Å². The monoisotopic (exact) mass is 301 g/mol. The van der Waals surface area contributed by atoms with Gasteiger partial charge in [-0.2, -0.15) is 0 Å². The predicted octanol–water partition coefficient (Wildman–Crippen LogP) is 2.87. The van der Waals surface area contributed by atoms with E-state index in [2.05, 4.69) is 44.3 Å². The molecule has 0 fully saturated rings. The highest BCUT2D eigenvalue weighted by Gasteiger charge is 2.05. The van der Waals surface area contributed by atoms with Crippen molar-refractivity contribution in [1.29, 1.82) is 0 Å². The van der Waals surface area contributed by atoms with Gasteiger partial charge in [-0.1, -0.05) is 0 Å². The lowest BCUT2D eigenvalue weighted by atomic mass is 10.2. The third kappa shape index (κ3) is 3.10. The lowest BCUT2D eigenvalue weighted by Gasteiger charge is -2.09. The summed E-state index contributed by atoms with van der Waals surface area (Å²) in [4.78, 5) is 8.61. The standard InChI is InChI=1S/C14H15N5OS/c1-20-8-14-17-12(7-13(18-14)19-15)16-10-2-3-11-9(6-10)4-5-21-11/h2-7H,8,15H2,1H3,(H2,16,17,18,19). The molecular weight excluding hydrogens is 286 g/mol. The highest BCUT2D eigenvalue weighted by molar-refractivity contribution is 7.17. The molecule has 0 aliphatic heterocycles. The van der Waals surface area contributed by atoms with E-state index >= 15 is 0 Å². The SMILES string of the molecule is COCc1nc(NN)cc(Nc2ccc3sccc3c2)n1. The van der Waals surface area contributed by atoms with Crippen molar-refractivity contribution in [2.24, 2.45) is 5.84 Å². The predicted molar refractivity (Wildman–Crippen MR) is 85.7 cm³/mol. The molecule has 0 amide bonds. The van der Waals surface area contributed by atoms with Gasteiger partial charge in [-0.15, -0.1) is 11.3 Å². The third-order valence-electron chi connectivity index (χ3n) is 2.92. The number of aromatic nitrogens is 2. The molecule has 21 heavy (non-hydrogen) atoms. The van der Waals surface area contributed by atoms with E-state index in [-0.39, 0.29) is 0 Å². The van der Waals surface area contributed by atoms with Gasteiger partial charge in [0.1, 0.15) is 18.2 Å². The molecule has 4 N–H and O–H groups in total. The van der Waals surface area contributed by atoms with Crippen LogP contribution in [0, 0.1) is 0 Å². The molecule has 2 heterocycles. The normalized spacial score (nSPS) is 10.8. The lowest BCUT2D eigenvalue weighted by Crippen LogP contribution is -2.11. The van der Waals surface area contributed by atoms with Gasteiger partial charge in [0.2, 0.25) is 0 Å². The Balaban J connectivity index is 1.90. The van der Waals surface area contributed by atoms with Crippen LogP contribution in [0.25, 0.3) is 10.1 Å². The molecule has 0 aliphatic rings. The lowest BCUT2D eigenvalue weighted by molar-refractivity contribution is 0.178. The van der Waals surface area contributed by atoms with Crippen molar-refractivity contribution in [3.8, 4) is 0 Å². The van der Waals surface area contributed by atoms with Crippen LogP contribution in [0.15, 0.2) is 35.7 Å². The molecule has 108 valence electrons. The quantitative estimate of drug-likeness (QED) is 0.496. The zero-order valence-corrected chi connectivity index (χ0v) is 12.3. The van der Waals surface area contributed by atoms with Crippen molar-refractivity contribution >= 4 is 38.7 Å². The van der Waals surface area contributed by atoms with E-state index in [0.29, 0.717) is 24.1 Å². The first kappa shape index (κ1) is 13.7. The van der Waals surface area contributed by atoms with E-state index < -0.39 is 0 Å². The summed E-state index contributed by atoms with van der Waals surface area (Å²) in [6.45, 7) is 0.327. The maximum Gasteiger partial charge on any atom is 0.158 e. The largest absolute Gasteiger partial charge is 0.377 e.